The summed E-state index contributed by atoms with van der Waals surface area (Å²) in [6.07, 6.45) is 0. The Labute approximate surface area is 149 Å². The fourth-order valence-electron chi connectivity index (χ4n) is 2.16. The molecule has 2 aromatic rings. The van der Waals surface area contributed by atoms with Gasteiger partial charge in [0, 0.05) is 12.3 Å². The molecule has 0 aromatic heterocycles. The SMILES string of the molecule is CCS(=O)c1ccccc1C(=O)OCC(=O)NCc1ccc(C)cc1. The van der Waals surface area contributed by atoms with Gasteiger partial charge in [0.15, 0.2) is 6.61 Å². The molecule has 2 rings (SSSR count). The third kappa shape index (κ3) is 5.53. The zero-order chi connectivity index (χ0) is 18.2. The van der Waals surface area contributed by atoms with Crippen LogP contribution < -0.4 is 5.32 Å². The highest BCUT2D eigenvalue weighted by Gasteiger charge is 2.17. The summed E-state index contributed by atoms with van der Waals surface area (Å²) >= 11 is 0. The third-order valence-electron chi connectivity index (χ3n) is 3.56. The van der Waals surface area contributed by atoms with Crippen molar-refractivity contribution in [1.29, 1.82) is 0 Å². The Morgan fingerprint density at radius 3 is 2.44 bits per heavy atom. The van der Waals surface area contributed by atoms with Crippen LogP contribution in [0.2, 0.25) is 0 Å². The van der Waals surface area contributed by atoms with Crippen LogP contribution >= 0.6 is 0 Å². The van der Waals surface area contributed by atoms with Gasteiger partial charge in [-0.2, -0.15) is 0 Å². The molecule has 132 valence electrons. The van der Waals surface area contributed by atoms with Gasteiger partial charge in [-0.3, -0.25) is 9.00 Å². The molecule has 0 saturated heterocycles. The van der Waals surface area contributed by atoms with Crippen molar-refractivity contribution in [2.75, 3.05) is 12.4 Å². The number of aryl methyl sites for hydroxylation is 1. The standard InChI is InChI=1S/C19H21NO4S/c1-3-25(23)17-7-5-4-6-16(17)19(22)24-13-18(21)20-12-15-10-8-14(2)9-11-15/h4-11H,3,12-13H2,1-2H3,(H,20,21). The fraction of sp³-hybridized carbons (Fsp3) is 0.263. The van der Waals surface area contributed by atoms with Crippen molar-refractivity contribution >= 4 is 22.7 Å². The Morgan fingerprint density at radius 1 is 1.08 bits per heavy atom. The minimum Gasteiger partial charge on any atom is -0.452 e. The number of hydrogen-bond acceptors (Lipinski definition) is 4. The first-order valence-electron chi connectivity index (χ1n) is 7.98. The topological polar surface area (TPSA) is 72.5 Å². The minimum absolute atomic E-state index is 0.231. The quantitative estimate of drug-likeness (QED) is 0.771. The number of esters is 1. The van der Waals surface area contributed by atoms with E-state index in [2.05, 4.69) is 5.32 Å². The van der Waals surface area contributed by atoms with Crippen molar-refractivity contribution in [3.8, 4) is 0 Å². The maximum Gasteiger partial charge on any atom is 0.339 e. The van der Waals surface area contributed by atoms with Gasteiger partial charge >= 0.3 is 5.97 Å². The van der Waals surface area contributed by atoms with Crippen molar-refractivity contribution in [2.24, 2.45) is 0 Å². The molecule has 1 amide bonds. The van der Waals surface area contributed by atoms with E-state index in [4.69, 9.17) is 4.74 Å². The molecule has 0 aliphatic rings. The van der Waals surface area contributed by atoms with Crippen molar-refractivity contribution in [2.45, 2.75) is 25.3 Å². The maximum absolute atomic E-state index is 12.2. The molecule has 0 heterocycles. The molecule has 2 aromatic carbocycles. The van der Waals surface area contributed by atoms with E-state index >= 15 is 0 Å². The molecular weight excluding hydrogens is 338 g/mol. The van der Waals surface area contributed by atoms with Gasteiger partial charge in [-0.1, -0.05) is 48.9 Å². The van der Waals surface area contributed by atoms with Crippen molar-refractivity contribution in [3.05, 3.63) is 65.2 Å². The average Bonchev–Trinajstić information content (AvgIpc) is 2.65. The number of carbonyl (C=O) groups is 2. The van der Waals surface area contributed by atoms with Gasteiger partial charge < -0.3 is 10.1 Å². The molecule has 0 radical (unpaired) electrons. The summed E-state index contributed by atoms with van der Waals surface area (Å²) < 4.78 is 17.0. The normalized spacial score (nSPS) is 11.6. The molecule has 0 bridgehead atoms. The van der Waals surface area contributed by atoms with Gasteiger partial charge in [-0.15, -0.1) is 0 Å². The van der Waals surface area contributed by atoms with E-state index in [-0.39, 0.29) is 18.1 Å². The highest BCUT2D eigenvalue weighted by atomic mass is 32.2. The van der Waals surface area contributed by atoms with E-state index in [0.29, 0.717) is 17.2 Å². The Kier molecular flexibility index (Phi) is 6.89. The van der Waals surface area contributed by atoms with Crippen LogP contribution in [0.5, 0.6) is 0 Å². The molecule has 5 nitrogen and oxygen atoms in total. The lowest BCUT2D eigenvalue weighted by molar-refractivity contribution is -0.124. The number of benzene rings is 2. The molecular formula is C19H21NO4S. The molecule has 0 aliphatic carbocycles. The second-order valence-electron chi connectivity index (χ2n) is 5.47. The zero-order valence-electron chi connectivity index (χ0n) is 14.3. The second-order valence-corrected chi connectivity index (χ2v) is 7.18. The van der Waals surface area contributed by atoms with Crippen LogP contribution in [0, 0.1) is 6.92 Å². The van der Waals surface area contributed by atoms with E-state index in [1.165, 1.54) is 0 Å². The first-order chi connectivity index (χ1) is 12.0. The Hall–Kier alpha value is -2.47. The van der Waals surface area contributed by atoms with Crippen LogP contribution in [0.25, 0.3) is 0 Å². The predicted octanol–water partition coefficient (Wildman–Crippen LogP) is 2.60. The number of nitrogens with one attached hydrogen (secondary N) is 1. The van der Waals surface area contributed by atoms with Crippen molar-refractivity contribution < 1.29 is 18.5 Å². The molecule has 1 N–H and O–H groups in total. The van der Waals surface area contributed by atoms with E-state index in [1.54, 1.807) is 31.2 Å². The van der Waals surface area contributed by atoms with E-state index < -0.39 is 16.8 Å². The maximum atomic E-state index is 12.2. The zero-order valence-corrected chi connectivity index (χ0v) is 15.1. The molecule has 6 heteroatoms. The third-order valence-corrected chi connectivity index (χ3v) is 4.93. The number of amides is 1. The number of hydrogen-bond donors (Lipinski definition) is 1. The fourth-order valence-corrected chi connectivity index (χ4v) is 3.09. The van der Waals surface area contributed by atoms with Crippen LogP contribution in [0.4, 0.5) is 0 Å². The summed E-state index contributed by atoms with van der Waals surface area (Å²) in [4.78, 5) is 24.4. The largest absolute Gasteiger partial charge is 0.452 e. The Bertz CT molecular complexity index is 771. The van der Waals surface area contributed by atoms with Crippen molar-refractivity contribution in [1.82, 2.24) is 5.32 Å². The van der Waals surface area contributed by atoms with Gasteiger partial charge in [0.2, 0.25) is 0 Å². The van der Waals surface area contributed by atoms with Crippen LogP contribution in [-0.4, -0.2) is 28.4 Å². The Morgan fingerprint density at radius 2 is 1.76 bits per heavy atom. The van der Waals surface area contributed by atoms with Crippen LogP contribution in [0.15, 0.2) is 53.4 Å². The summed E-state index contributed by atoms with van der Waals surface area (Å²) in [5, 5.41) is 2.70. The molecule has 0 aliphatic heterocycles. The van der Waals surface area contributed by atoms with Crippen LogP contribution in [-0.2, 0) is 26.9 Å². The highest BCUT2D eigenvalue weighted by Crippen LogP contribution is 2.15. The molecule has 0 spiro atoms. The lowest BCUT2D eigenvalue weighted by Crippen LogP contribution is -2.28. The predicted molar refractivity (Wildman–Crippen MR) is 96.7 cm³/mol. The monoisotopic (exact) mass is 359 g/mol. The number of ether oxygens (including phenoxy) is 1. The average molecular weight is 359 g/mol. The molecule has 1 unspecified atom stereocenters. The smallest absolute Gasteiger partial charge is 0.339 e. The summed E-state index contributed by atoms with van der Waals surface area (Å²) in [6.45, 7) is 3.76. The Balaban J connectivity index is 1.88. The van der Waals surface area contributed by atoms with E-state index in [0.717, 1.165) is 11.1 Å². The highest BCUT2D eigenvalue weighted by molar-refractivity contribution is 7.85. The second kappa shape index (κ2) is 9.13. The summed E-state index contributed by atoms with van der Waals surface area (Å²) in [5.41, 5.74) is 2.34. The lowest BCUT2D eigenvalue weighted by Gasteiger charge is -2.09. The summed E-state index contributed by atoms with van der Waals surface area (Å²) in [5.74, 6) is -0.632. The van der Waals surface area contributed by atoms with E-state index in [1.807, 2.05) is 31.2 Å². The van der Waals surface area contributed by atoms with Gasteiger partial charge in [0.05, 0.1) is 21.3 Å². The van der Waals surface area contributed by atoms with Crippen LogP contribution in [0.1, 0.15) is 28.4 Å². The number of rotatable bonds is 7. The van der Waals surface area contributed by atoms with Gasteiger partial charge in [0.1, 0.15) is 0 Å². The minimum atomic E-state index is -1.27. The molecule has 1 atom stereocenters. The van der Waals surface area contributed by atoms with E-state index in [9.17, 15) is 13.8 Å². The molecule has 0 fully saturated rings. The summed E-state index contributed by atoms with van der Waals surface area (Å²) in [7, 11) is -1.27. The first-order valence-corrected chi connectivity index (χ1v) is 9.30. The van der Waals surface area contributed by atoms with Gasteiger partial charge in [-0.05, 0) is 24.6 Å². The molecule has 0 saturated carbocycles. The molecule has 25 heavy (non-hydrogen) atoms. The summed E-state index contributed by atoms with van der Waals surface area (Å²) in [6, 6.07) is 14.4. The lowest BCUT2D eigenvalue weighted by atomic mass is 10.1. The van der Waals surface area contributed by atoms with Crippen molar-refractivity contribution in [3.63, 3.8) is 0 Å². The number of carbonyl (C=O) groups excluding carboxylic acids is 2. The van der Waals surface area contributed by atoms with Gasteiger partial charge in [0.25, 0.3) is 5.91 Å². The van der Waals surface area contributed by atoms with Crippen LogP contribution in [0.3, 0.4) is 0 Å². The first kappa shape index (κ1) is 18.9. The van der Waals surface area contributed by atoms with Gasteiger partial charge in [-0.25, -0.2) is 4.79 Å².